The van der Waals surface area contributed by atoms with E-state index in [0.29, 0.717) is 30.3 Å². The van der Waals surface area contributed by atoms with Crippen molar-refractivity contribution in [3.63, 3.8) is 0 Å². The van der Waals surface area contributed by atoms with Crippen LogP contribution in [0.2, 0.25) is 5.02 Å². The molecule has 0 bridgehead atoms. The predicted molar refractivity (Wildman–Crippen MR) is 74.5 cm³/mol. The summed E-state index contributed by atoms with van der Waals surface area (Å²) in [6.45, 7) is 5.97. The number of carbonyl (C=O) groups is 1. The summed E-state index contributed by atoms with van der Waals surface area (Å²) in [5.74, 6) is -0.0542. The van der Waals surface area contributed by atoms with E-state index >= 15 is 0 Å². The zero-order valence-electron chi connectivity index (χ0n) is 11.4. The van der Waals surface area contributed by atoms with Gasteiger partial charge in [-0.3, -0.25) is 9.78 Å². The number of rotatable bonds is 2. The van der Waals surface area contributed by atoms with Crippen LogP contribution in [0.4, 0.5) is 0 Å². The van der Waals surface area contributed by atoms with Gasteiger partial charge in [-0.2, -0.15) is 0 Å². The van der Waals surface area contributed by atoms with E-state index in [1.54, 1.807) is 12.3 Å². The average molecular weight is 283 g/mol. The molecule has 0 radical (unpaired) electrons. The largest absolute Gasteiger partial charge is 0.376 e. The lowest BCUT2D eigenvalue weighted by Gasteiger charge is -2.23. The van der Waals surface area contributed by atoms with Crippen LogP contribution in [0.25, 0.3) is 0 Å². The van der Waals surface area contributed by atoms with E-state index in [2.05, 4.69) is 11.9 Å². The van der Waals surface area contributed by atoms with Crippen LogP contribution < -0.4 is 0 Å². The van der Waals surface area contributed by atoms with Crippen LogP contribution in [-0.2, 0) is 4.74 Å². The number of nitrogens with zero attached hydrogens (tertiary/aromatic N) is 2. The maximum absolute atomic E-state index is 12.5. The molecule has 2 heterocycles. The number of aryl methyl sites for hydroxylation is 1. The van der Waals surface area contributed by atoms with Gasteiger partial charge in [-0.15, -0.1) is 0 Å². The number of pyridine rings is 1. The number of hydrogen-bond acceptors (Lipinski definition) is 3. The Labute approximate surface area is 118 Å². The minimum absolute atomic E-state index is 0.0542. The fraction of sp³-hybridized carbons (Fsp3) is 0.571. The molecule has 19 heavy (non-hydrogen) atoms. The maximum atomic E-state index is 12.5. The van der Waals surface area contributed by atoms with Crippen molar-refractivity contribution in [3.8, 4) is 0 Å². The van der Waals surface area contributed by atoms with Gasteiger partial charge in [0.25, 0.3) is 5.91 Å². The highest BCUT2D eigenvalue weighted by molar-refractivity contribution is 6.33. The van der Waals surface area contributed by atoms with Crippen LogP contribution in [0.1, 0.15) is 35.8 Å². The first-order valence-corrected chi connectivity index (χ1v) is 7.02. The van der Waals surface area contributed by atoms with E-state index in [-0.39, 0.29) is 12.0 Å². The standard InChI is InChI=1S/C14H19ClN2O2/c1-3-11-9-17(5-4-6-19-11)14(18)12-8-16-10(2)7-13(12)15/h7-8,11H,3-6,9H2,1-2H3. The summed E-state index contributed by atoms with van der Waals surface area (Å²) >= 11 is 6.14. The monoisotopic (exact) mass is 282 g/mol. The maximum Gasteiger partial charge on any atom is 0.257 e. The molecule has 1 unspecified atom stereocenters. The molecule has 1 aromatic rings. The van der Waals surface area contributed by atoms with Gasteiger partial charge in [0, 0.05) is 31.6 Å². The van der Waals surface area contributed by atoms with Crippen molar-refractivity contribution in [2.24, 2.45) is 0 Å². The molecule has 1 amide bonds. The molecule has 0 N–H and O–H groups in total. The van der Waals surface area contributed by atoms with E-state index in [1.165, 1.54) is 0 Å². The second kappa shape index (κ2) is 6.35. The normalized spacial score (nSPS) is 20.2. The summed E-state index contributed by atoms with van der Waals surface area (Å²) < 4.78 is 5.68. The van der Waals surface area contributed by atoms with Gasteiger partial charge in [-0.1, -0.05) is 18.5 Å². The van der Waals surface area contributed by atoms with Crippen LogP contribution in [0.15, 0.2) is 12.3 Å². The number of aromatic nitrogens is 1. The first-order chi connectivity index (χ1) is 9.11. The Hall–Kier alpha value is -1.13. The molecule has 4 nitrogen and oxygen atoms in total. The molecule has 0 aliphatic carbocycles. The lowest BCUT2D eigenvalue weighted by molar-refractivity contribution is 0.0460. The molecule has 0 spiro atoms. The quantitative estimate of drug-likeness (QED) is 0.837. The first kappa shape index (κ1) is 14.3. The Balaban J connectivity index is 2.17. The second-order valence-corrected chi connectivity index (χ2v) is 5.22. The summed E-state index contributed by atoms with van der Waals surface area (Å²) in [5.41, 5.74) is 1.29. The third-order valence-electron chi connectivity index (χ3n) is 3.31. The molecule has 1 aliphatic rings. The predicted octanol–water partition coefficient (Wildman–Crippen LogP) is 2.68. The van der Waals surface area contributed by atoms with E-state index in [4.69, 9.17) is 16.3 Å². The van der Waals surface area contributed by atoms with Gasteiger partial charge in [-0.05, 0) is 25.8 Å². The van der Waals surface area contributed by atoms with E-state index in [1.807, 2.05) is 11.8 Å². The van der Waals surface area contributed by atoms with Crippen LogP contribution in [0.3, 0.4) is 0 Å². The van der Waals surface area contributed by atoms with Gasteiger partial charge >= 0.3 is 0 Å². The minimum Gasteiger partial charge on any atom is -0.376 e. The highest BCUT2D eigenvalue weighted by Crippen LogP contribution is 2.19. The number of ether oxygens (including phenoxy) is 1. The van der Waals surface area contributed by atoms with E-state index < -0.39 is 0 Å². The van der Waals surface area contributed by atoms with Gasteiger partial charge in [-0.25, -0.2) is 0 Å². The third kappa shape index (κ3) is 3.45. The van der Waals surface area contributed by atoms with Crippen molar-refractivity contribution in [1.29, 1.82) is 0 Å². The SMILES string of the molecule is CCC1CN(C(=O)c2cnc(C)cc2Cl)CCCO1. The number of carbonyl (C=O) groups excluding carboxylic acids is 1. The Bertz CT molecular complexity index is 465. The van der Waals surface area contributed by atoms with Gasteiger partial charge in [0.05, 0.1) is 16.7 Å². The van der Waals surface area contributed by atoms with E-state index in [0.717, 1.165) is 18.5 Å². The van der Waals surface area contributed by atoms with Crippen molar-refractivity contribution in [2.45, 2.75) is 32.8 Å². The van der Waals surface area contributed by atoms with E-state index in [9.17, 15) is 4.79 Å². The summed E-state index contributed by atoms with van der Waals surface area (Å²) in [6, 6.07) is 1.72. The number of hydrogen-bond donors (Lipinski definition) is 0. The van der Waals surface area contributed by atoms with Crippen molar-refractivity contribution >= 4 is 17.5 Å². The van der Waals surface area contributed by atoms with Gasteiger partial charge < -0.3 is 9.64 Å². The fourth-order valence-electron chi connectivity index (χ4n) is 2.18. The molecule has 0 saturated carbocycles. The molecule has 104 valence electrons. The first-order valence-electron chi connectivity index (χ1n) is 6.64. The molecule has 1 fully saturated rings. The third-order valence-corrected chi connectivity index (χ3v) is 3.63. The van der Waals surface area contributed by atoms with Gasteiger partial charge in [0.2, 0.25) is 0 Å². The number of amides is 1. The van der Waals surface area contributed by atoms with Crippen molar-refractivity contribution < 1.29 is 9.53 Å². The smallest absolute Gasteiger partial charge is 0.257 e. The van der Waals surface area contributed by atoms with Crippen LogP contribution in [0.5, 0.6) is 0 Å². The lowest BCUT2D eigenvalue weighted by atomic mass is 10.2. The molecule has 1 saturated heterocycles. The molecule has 5 heteroatoms. The topological polar surface area (TPSA) is 42.4 Å². The van der Waals surface area contributed by atoms with Crippen LogP contribution in [0, 0.1) is 6.92 Å². The average Bonchev–Trinajstić information content (AvgIpc) is 2.63. The molecular formula is C14H19ClN2O2. The Morgan fingerprint density at radius 2 is 2.42 bits per heavy atom. The minimum atomic E-state index is -0.0542. The van der Waals surface area contributed by atoms with Crippen molar-refractivity contribution in [1.82, 2.24) is 9.88 Å². The molecule has 1 atom stereocenters. The Morgan fingerprint density at radius 1 is 1.63 bits per heavy atom. The highest BCUT2D eigenvalue weighted by Gasteiger charge is 2.24. The van der Waals surface area contributed by atoms with Gasteiger partial charge in [0.1, 0.15) is 0 Å². The Morgan fingerprint density at radius 3 is 3.11 bits per heavy atom. The van der Waals surface area contributed by atoms with Gasteiger partial charge in [0.15, 0.2) is 0 Å². The zero-order valence-corrected chi connectivity index (χ0v) is 12.1. The summed E-state index contributed by atoms with van der Waals surface area (Å²) in [6.07, 6.45) is 3.44. The second-order valence-electron chi connectivity index (χ2n) is 4.81. The molecule has 1 aliphatic heterocycles. The summed E-state index contributed by atoms with van der Waals surface area (Å²) in [4.78, 5) is 18.5. The summed E-state index contributed by atoms with van der Waals surface area (Å²) in [7, 11) is 0. The number of halogens is 1. The summed E-state index contributed by atoms with van der Waals surface area (Å²) in [5, 5.41) is 0.468. The highest BCUT2D eigenvalue weighted by atomic mass is 35.5. The Kier molecular flexibility index (Phi) is 4.77. The van der Waals surface area contributed by atoms with Crippen LogP contribution in [-0.4, -0.2) is 41.6 Å². The molecule has 0 aromatic carbocycles. The van der Waals surface area contributed by atoms with Crippen LogP contribution >= 0.6 is 11.6 Å². The lowest BCUT2D eigenvalue weighted by Crippen LogP contribution is -2.36. The molecular weight excluding hydrogens is 264 g/mol. The van der Waals surface area contributed by atoms with Crippen molar-refractivity contribution in [2.75, 3.05) is 19.7 Å². The molecule has 2 rings (SSSR count). The fourth-order valence-corrected chi connectivity index (χ4v) is 2.47. The molecule has 1 aromatic heterocycles. The zero-order chi connectivity index (χ0) is 13.8. The van der Waals surface area contributed by atoms with Crippen molar-refractivity contribution in [3.05, 3.63) is 28.5 Å².